The first-order chi connectivity index (χ1) is 18.5. The summed E-state index contributed by atoms with van der Waals surface area (Å²) in [6.07, 6.45) is 4.21. The first-order valence-electron chi connectivity index (χ1n) is 13.2. The van der Waals surface area contributed by atoms with E-state index in [1.165, 1.54) is 11.6 Å². The Balaban J connectivity index is 0.000000302. The number of aromatic carboxylic acids is 1. The van der Waals surface area contributed by atoms with Crippen LogP contribution >= 0.6 is 0 Å². The van der Waals surface area contributed by atoms with E-state index in [0.29, 0.717) is 36.2 Å². The van der Waals surface area contributed by atoms with Crippen molar-refractivity contribution in [1.82, 2.24) is 0 Å². The fourth-order valence-electron chi connectivity index (χ4n) is 4.29. The fourth-order valence-corrected chi connectivity index (χ4v) is 4.29. The molecular weight excluding hydrogens is 507 g/mol. The van der Waals surface area contributed by atoms with Crippen molar-refractivity contribution < 1.29 is 63.9 Å². The quantitative estimate of drug-likeness (QED) is 0.281. The van der Waals surface area contributed by atoms with Gasteiger partial charge in [0.1, 0.15) is 23.0 Å². The van der Waals surface area contributed by atoms with Gasteiger partial charge in [-0.2, -0.15) is 0 Å². The summed E-state index contributed by atoms with van der Waals surface area (Å²) >= 11 is 0. The molecule has 2 N–H and O–H groups in total. The summed E-state index contributed by atoms with van der Waals surface area (Å²) in [6.45, 7) is 6.22. The molecule has 0 saturated carbocycles. The maximum absolute atomic E-state index is 11.2. The summed E-state index contributed by atoms with van der Waals surface area (Å²) in [6, 6.07) is 17.7. The van der Waals surface area contributed by atoms with Crippen LogP contribution in [0.1, 0.15) is 66.1 Å². The van der Waals surface area contributed by atoms with Crippen molar-refractivity contribution in [2.24, 2.45) is 0 Å². The zero-order valence-corrected chi connectivity index (χ0v) is 25.2. The molecule has 1 saturated heterocycles. The van der Waals surface area contributed by atoms with Crippen molar-refractivity contribution in [3.05, 3.63) is 82.9 Å². The average molecular weight is 545 g/mol. The summed E-state index contributed by atoms with van der Waals surface area (Å²) in [4.78, 5) is 11.2. The number of hydrogen-bond donors (Lipinski definition) is 2. The van der Waals surface area contributed by atoms with Gasteiger partial charge < -0.3 is 34.3 Å². The van der Waals surface area contributed by atoms with E-state index in [-0.39, 0.29) is 47.5 Å². The van der Waals surface area contributed by atoms with Crippen LogP contribution in [0.3, 0.4) is 0 Å². The van der Waals surface area contributed by atoms with Gasteiger partial charge in [0, 0.05) is 36.7 Å². The SMILES string of the molecule is CCCc1c(OCCCO)cccc1Oc1ccccc1C(=O)[O-].CCc1ccc(O)c(C2CCOC2)c1.[Na+]. The molecule has 1 fully saturated rings. The number of phenols is 1. The van der Waals surface area contributed by atoms with Gasteiger partial charge in [0.2, 0.25) is 0 Å². The number of carboxylic acids is 1. The number of aryl methyl sites for hydroxylation is 1. The molecule has 8 heteroatoms. The third-order valence-electron chi connectivity index (χ3n) is 6.35. The third-order valence-corrected chi connectivity index (χ3v) is 6.35. The molecule has 0 aromatic heterocycles. The number of carbonyl (C=O) groups excluding carboxylic acids is 1. The van der Waals surface area contributed by atoms with Crippen LogP contribution in [-0.2, 0) is 17.6 Å². The van der Waals surface area contributed by atoms with Crippen LogP contribution in [0.15, 0.2) is 60.7 Å². The van der Waals surface area contributed by atoms with Crippen LogP contribution in [-0.4, -0.2) is 42.6 Å². The molecular formula is C31H37NaO7. The van der Waals surface area contributed by atoms with Gasteiger partial charge in [0.25, 0.3) is 0 Å². The summed E-state index contributed by atoms with van der Waals surface area (Å²) in [7, 11) is 0. The molecule has 1 unspecified atom stereocenters. The van der Waals surface area contributed by atoms with Gasteiger partial charge in [-0.05, 0) is 60.7 Å². The minimum atomic E-state index is -1.28. The van der Waals surface area contributed by atoms with Crippen LogP contribution in [0, 0.1) is 0 Å². The predicted molar refractivity (Wildman–Crippen MR) is 144 cm³/mol. The Kier molecular flexibility index (Phi) is 14.4. The van der Waals surface area contributed by atoms with E-state index in [4.69, 9.17) is 19.3 Å². The van der Waals surface area contributed by atoms with Crippen LogP contribution < -0.4 is 44.1 Å². The maximum Gasteiger partial charge on any atom is 1.00 e. The minimum absolute atomic E-state index is 0. The second kappa shape index (κ2) is 17.2. The van der Waals surface area contributed by atoms with Gasteiger partial charge in [-0.3, -0.25) is 0 Å². The van der Waals surface area contributed by atoms with Gasteiger partial charge in [-0.1, -0.05) is 50.6 Å². The molecule has 0 aliphatic carbocycles. The molecule has 3 aromatic carbocycles. The predicted octanol–water partition coefficient (Wildman–Crippen LogP) is 2.02. The van der Waals surface area contributed by atoms with Gasteiger partial charge in [-0.25, -0.2) is 0 Å². The van der Waals surface area contributed by atoms with Crippen molar-refractivity contribution in [2.75, 3.05) is 26.4 Å². The number of carboxylic acid groups (broad SMARTS) is 1. The van der Waals surface area contributed by atoms with Crippen LogP contribution in [0.4, 0.5) is 0 Å². The second-order valence-electron chi connectivity index (χ2n) is 9.10. The Morgan fingerprint density at radius 1 is 1.05 bits per heavy atom. The zero-order valence-electron chi connectivity index (χ0n) is 23.2. The Morgan fingerprint density at radius 2 is 1.79 bits per heavy atom. The first kappa shape index (κ1) is 32.7. The van der Waals surface area contributed by atoms with Gasteiger partial charge >= 0.3 is 29.6 Å². The van der Waals surface area contributed by atoms with E-state index >= 15 is 0 Å². The molecule has 39 heavy (non-hydrogen) atoms. The number of ether oxygens (including phenoxy) is 3. The molecule has 0 spiro atoms. The van der Waals surface area contributed by atoms with E-state index in [1.54, 1.807) is 36.4 Å². The zero-order chi connectivity index (χ0) is 27.3. The van der Waals surface area contributed by atoms with Crippen LogP contribution in [0.25, 0.3) is 0 Å². The van der Waals surface area contributed by atoms with Gasteiger partial charge in [-0.15, -0.1) is 0 Å². The van der Waals surface area contributed by atoms with E-state index in [2.05, 4.69) is 13.0 Å². The summed E-state index contributed by atoms with van der Waals surface area (Å²) in [5.74, 6) is 1.01. The fraction of sp³-hybridized carbons (Fsp3) is 0.387. The molecule has 1 atom stereocenters. The maximum atomic E-state index is 11.2. The normalized spacial score (nSPS) is 14.1. The molecule has 1 heterocycles. The summed E-state index contributed by atoms with van der Waals surface area (Å²) in [5, 5.41) is 29.8. The topological polar surface area (TPSA) is 108 Å². The number of carbonyl (C=O) groups is 1. The number of phenolic OH excluding ortho intramolecular Hbond substituents is 1. The monoisotopic (exact) mass is 544 g/mol. The third kappa shape index (κ3) is 9.55. The molecule has 4 rings (SSSR count). The number of aliphatic hydroxyl groups excluding tert-OH is 1. The first-order valence-corrected chi connectivity index (χ1v) is 13.2. The minimum Gasteiger partial charge on any atom is -0.545 e. The second-order valence-corrected chi connectivity index (χ2v) is 9.10. The van der Waals surface area contributed by atoms with Crippen LogP contribution in [0.2, 0.25) is 0 Å². The average Bonchev–Trinajstić information content (AvgIpc) is 3.46. The van der Waals surface area contributed by atoms with Crippen molar-refractivity contribution >= 4 is 5.97 Å². The molecule has 1 aliphatic heterocycles. The van der Waals surface area contributed by atoms with Crippen molar-refractivity contribution in [3.8, 4) is 23.0 Å². The Labute approximate surface area is 253 Å². The van der Waals surface area contributed by atoms with E-state index in [9.17, 15) is 15.0 Å². The Bertz CT molecular complexity index is 1180. The van der Waals surface area contributed by atoms with E-state index in [1.807, 2.05) is 19.1 Å². The smallest absolute Gasteiger partial charge is 0.545 e. The molecule has 0 radical (unpaired) electrons. The van der Waals surface area contributed by atoms with E-state index < -0.39 is 5.97 Å². The number of para-hydroxylation sites is 1. The summed E-state index contributed by atoms with van der Waals surface area (Å²) < 4.78 is 16.9. The van der Waals surface area contributed by atoms with E-state index in [0.717, 1.165) is 50.0 Å². The molecule has 0 amide bonds. The van der Waals surface area contributed by atoms with Crippen molar-refractivity contribution in [3.63, 3.8) is 0 Å². The number of aromatic hydroxyl groups is 1. The number of aliphatic hydroxyl groups is 1. The number of benzene rings is 3. The molecule has 1 aliphatic rings. The molecule has 204 valence electrons. The summed E-state index contributed by atoms with van der Waals surface area (Å²) in [5.41, 5.74) is 3.23. The Morgan fingerprint density at radius 3 is 2.46 bits per heavy atom. The molecule has 3 aromatic rings. The standard InChI is InChI=1S/C19H22O5.C12H16O2.Na/c1-2-7-14-16(23-13-6-12-20)10-5-11-17(14)24-18-9-4-3-8-15(18)19(21)22;1-2-9-3-4-12(13)11(7-9)10-5-6-14-8-10;/h3-5,8-11,20H,2,6-7,12-13H2,1H3,(H,21,22);3-4,7,10,13H,2,5-6,8H2,1H3;/q;;+1/p-1. The Hall–Kier alpha value is -2.55. The number of hydrogen-bond acceptors (Lipinski definition) is 7. The molecule has 0 bridgehead atoms. The van der Waals surface area contributed by atoms with Gasteiger partial charge in [0.15, 0.2) is 0 Å². The van der Waals surface area contributed by atoms with Crippen LogP contribution in [0.5, 0.6) is 23.0 Å². The number of rotatable bonds is 11. The van der Waals surface area contributed by atoms with Crippen molar-refractivity contribution in [2.45, 2.75) is 51.9 Å². The largest absolute Gasteiger partial charge is 1.00 e. The van der Waals surface area contributed by atoms with Crippen molar-refractivity contribution in [1.29, 1.82) is 0 Å². The molecule has 7 nitrogen and oxygen atoms in total. The van der Waals surface area contributed by atoms with Gasteiger partial charge in [0.05, 0.1) is 19.2 Å².